The maximum atomic E-state index is 6.18. The van der Waals surface area contributed by atoms with Gasteiger partial charge in [-0.2, -0.15) is 0 Å². The largest absolute Gasteiger partial charge is 0.327 e. The fraction of sp³-hybridized carbons (Fsp3) is 0.600. The van der Waals surface area contributed by atoms with Crippen LogP contribution in [0.3, 0.4) is 0 Å². The molecule has 2 atom stereocenters. The Morgan fingerprint density at radius 2 is 2.00 bits per heavy atom. The van der Waals surface area contributed by atoms with Crippen molar-refractivity contribution >= 4 is 0 Å². The lowest BCUT2D eigenvalue weighted by molar-refractivity contribution is 0.186. The molecule has 2 nitrogen and oxygen atoms in total. The molecule has 17 heavy (non-hydrogen) atoms. The molecule has 1 aliphatic heterocycles. The Hall–Kier alpha value is -0.860. The number of nitrogens with two attached hydrogens (primary N) is 1. The molecule has 1 saturated heterocycles. The van der Waals surface area contributed by atoms with Crippen LogP contribution in [0.1, 0.15) is 37.7 Å². The smallest absolute Gasteiger partial charge is 0.0174 e. The van der Waals surface area contributed by atoms with E-state index in [2.05, 4.69) is 42.2 Å². The van der Waals surface area contributed by atoms with Gasteiger partial charge in [0.1, 0.15) is 0 Å². The molecular weight excluding hydrogens is 208 g/mol. The van der Waals surface area contributed by atoms with Crippen molar-refractivity contribution in [2.45, 2.75) is 38.1 Å². The Kier molecular flexibility index (Phi) is 4.57. The zero-order chi connectivity index (χ0) is 12.1. The second-order valence-corrected chi connectivity index (χ2v) is 5.22. The summed E-state index contributed by atoms with van der Waals surface area (Å²) in [7, 11) is 0. The quantitative estimate of drug-likeness (QED) is 0.864. The molecule has 2 rings (SSSR count). The summed E-state index contributed by atoms with van der Waals surface area (Å²) < 4.78 is 0. The molecule has 0 spiro atoms. The van der Waals surface area contributed by atoms with Gasteiger partial charge >= 0.3 is 0 Å². The molecule has 1 fully saturated rings. The van der Waals surface area contributed by atoms with Gasteiger partial charge in [0.2, 0.25) is 0 Å². The standard InChI is InChI=1S/C15H24N2/c1-2-3-9-17-11-14(10-15(16)12-17)13-7-5-4-6-8-13/h4-8,14-15H,2-3,9-12,16H2,1H3. The van der Waals surface area contributed by atoms with Crippen molar-refractivity contribution in [2.75, 3.05) is 19.6 Å². The highest BCUT2D eigenvalue weighted by Crippen LogP contribution is 2.26. The lowest BCUT2D eigenvalue weighted by Gasteiger charge is -2.36. The summed E-state index contributed by atoms with van der Waals surface area (Å²) in [6, 6.07) is 11.2. The van der Waals surface area contributed by atoms with Crippen LogP contribution in [-0.2, 0) is 0 Å². The maximum Gasteiger partial charge on any atom is 0.0174 e. The minimum Gasteiger partial charge on any atom is -0.327 e. The average molecular weight is 232 g/mol. The van der Waals surface area contributed by atoms with Gasteiger partial charge in [0, 0.05) is 19.1 Å². The molecule has 0 saturated carbocycles. The number of hydrogen-bond donors (Lipinski definition) is 1. The summed E-state index contributed by atoms with van der Waals surface area (Å²) in [4.78, 5) is 2.54. The first-order chi connectivity index (χ1) is 8.29. The molecule has 2 unspecified atom stereocenters. The van der Waals surface area contributed by atoms with Gasteiger partial charge in [-0.3, -0.25) is 0 Å². The topological polar surface area (TPSA) is 29.3 Å². The molecule has 94 valence electrons. The van der Waals surface area contributed by atoms with Gasteiger partial charge < -0.3 is 10.6 Å². The molecule has 2 N–H and O–H groups in total. The van der Waals surface area contributed by atoms with Crippen molar-refractivity contribution in [1.29, 1.82) is 0 Å². The SMILES string of the molecule is CCCCN1CC(N)CC(c2ccccc2)C1. The first-order valence-corrected chi connectivity index (χ1v) is 6.82. The first-order valence-electron chi connectivity index (χ1n) is 6.82. The molecule has 2 heteroatoms. The van der Waals surface area contributed by atoms with Crippen LogP contribution in [0.5, 0.6) is 0 Å². The number of unbranched alkanes of at least 4 members (excludes halogenated alkanes) is 1. The number of piperidine rings is 1. The highest BCUT2D eigenvalue weighted by atomic mass is 15.1. The molecule has 1 aromatic carbocycles. The molecule has 0 bridgehead atoms. The van der Waals surface area contributed by atoms with E-state index in [1.165, 1.54) is 31.5 Å². The fourth-order valence-corrected chi connectivity index (χ4v) is 2.76. The Morgan fingerprint density at radius 3 is 2.71 bits per heavy atom. The predicted octanol–water partition coefficient (Wildman–Crippen LogP) is 2.60. The molecule has 1 heterocycles. The van der Waals surface area contributed by atoms with E-state index in [1.54, 1.807) is 0 Å². The Labute approximate surface area is 105 Å². The van der Waals surface area contributed by atoms with Crippen molar-refractivity contribution in [1.82, 2.24) is 4.90 Å². The van der Waals surface area contributed by atoms with Gasteiger partial charge in [0.25, 0.3) is 0 Å². The van der Waals surface area contributed by atoms with Crippen LogP contribution >= 0.6 is 0 Å². The molecule has 0 radical (unpaired) electrons. The van der Waals surface area contributed by atoms with Crippen LogP contribution in [0.25, 0.3) is 0 Å². The van der Waals surface area contributed by atoms with Crippen LogP contribution < -0.4 is 5.73 Å². The van der Waals surface area contributed by atoms with E-state index < -0.39 is 0 Å². The third kappa shape index (κ3) is 3.55. The van der Waals surface area contributed by atoms with E-state index in [0.29, 0.717) is 12.0 Å². The zero-order valence-electron chi connectivity index (χ0n) is 10.8. The number of hydrogen-bond acceptors (Lipinski definition) is 2. The van der Waals surface area contributed by atoms with E-state index in [0.717, 1.165) is 13.0 Å². The monoisotopic (exact) mass is 232 g/mol. The number of likely N-dealkylation sites (tertiary alicyclic amines) is 1. The van der Waals surface area contributed by atoms with Crippen LogP contribution in [0.15, 0.2) is 30.3 Å². The summed E-state index contributed by atoms with van der Waals surface area (Å²) in [5, 5.41) is 0. The van der Waals surface area contributed by atoms with Gasteiger partial charge in [0.05, 0.1) is 0 Å². The number of nitrogens with zero attached hydrogens (tertiary/aromatic N) is 1. The van der Waals surface area contributed by atoms with Crippen LogP contribution in [-0.4, -0.2) is 30.6 Å². The highest BCUT2D eigenvalue weighted by Gasteiger charge is 2.25. The van der Waals surface area contributed by atoms with Gasteiger partial charge in [-0.05, 0) is 30.9 Å². The van der Waals surface area contributed by atoms with Crippen molar-refractivity contribution < 1.29 is 0 Å². The lowest BCUT2D eigenvalue weighted by atomic mass is 9.88. The van der Waals surface area contributed by atoms with E-state index >= 15 is 0 Å². The Balaban J connectivity index is 1.98. The normalized spacial score (nSPS) is 26.0. The molecule has 0 amide bonds. The van der Waals surface area contributed by atoms with Crippen LogP contribution in [0.4, 0.5) is 0 Å². The molecular formula is C15H24N2. The summed E-state index contributed by atoms with van der Waals surface area (Å²) in [5.74, 6) is 0.622. The molecule has 1 aromatic rings. The number of rotatable bonds is 4. The minimum atomic E-state index is 0.339. The van der Waals surface area contributed by atoms with Gasteiger partial charge in [0.15, 0.2) is 0 Å². The maximum absolute atomic E-state index is 6.18. The van der Waals surface area contributed by atoms with Gasteiger partial charge in [-0.15, -0.1) is 0 Å². The Bertz CT molecular complexity index is 323. The van der Waals surface area contributed by atoms with Gasteiger partial charge in [-0.1, -0.05) is 43.7 Å². The lowest BCUT2D eigenvalue weighted by Crippen LogP contribution is -2.46. The molecule has 0 aliphatic carbocycles. The fourth-order valence-electron chi connectivity index (χ4n) is 2.76. The summed E-state index contributed by atoms with van der Waals surface area (Å²) >= 11 is 0. The molecule has 0 aromatic heterocycles. The summed E-state index contributed by atoms with van der Waals surface area (Å²) in [5.41, 5.74) is 7.63. The Morgan fingerprint density at radius 1 is 1.24 bits per heavy atom. The average Bonchev–Trinajstić information content (AvgIpc) is 2.37. The molecule has 1 aliphatic rings. The predicted molar refractivity (Wildman–Crippen MR) is 73.1 cm³/mol. The number of benzene rings is 1. The van der Waals surface area contributed by atoms with E-state index in [-0.39, 0.29) is 0 Å². The highest BCUT2D eigenvalue weighted by molar-refractivity contribution is 5.21. The second kappa shape index (κ2) is 6.18. The van der Waals surface area contributed by atoms with Crippen molar-refractivity contribution in [3.63, 3.8) is 0 Å². The van der Waals surface area contributed by atoms with Crippen LogP contribution in [0, 0.1) is 0 Å². The third-order valence-electron chi connectivity index (χ3n) is 3.66. The van der Waals surface area contributed by atoms with Crippen LogP contribution in [0.2, 0.25) is 0 Å². The van der Waals surface area contributed by atoms with Crippen molar-refractivity contribution in [2.24, 2.45) is 5.73 Å². The minimum absolute atomic E-state index is 0.339. The van der Waals surface area contributed by atoms with E-state index in [4.69, 9.17) is 5.73 Å². The van der Waals surface area contributed by atoms with Crippen molar-refractivity contribution in [3.8, 4) is 0 Å². The first kappa shape index (κ1) is 12.6. The van der Waals surface area contributed by atoms with E-state index in [1.807, 2.05) is 0 Å². The van der Waals surface area contributed by atoms with Gasteiger partial charge in [-0.25, -0.2) is 0 Å². The second-order valence-electron chi connectivity index (χ2n) is 5.22. The zero-order valence-corrected chi connectivity index (χ0v) is 10.8. The summed E-state index contributed by atoms with van der Waals surface area (Å²) in [6.07, 6.45) is 3.68. The van der Waals surface area contributed by atoms with Crippen molar-refractivity contribution in [3.05, 3.63) is 35.9 Å². The third-order valence-corrected chi connectivity index (χ3v) is 3.66. The summed E-state index contributed by atoms with van der Waals surface area (Å²) in [6.45, 7) is 5.70. The van der Waals surface area contributed by atoms with E-state index in [9.17, 15) is 0 Å².